The number of ether oxygens (including phenoxy) is 1. The fourth-order valence-electron chi connectivity index (χ4n) is 3.06. The summed E-state index contributed by atoms with van der Waals surface area (Å²) in [6, 6.07) is 5.69. The number of hydrogen-bond acceptors (Lipinski definition) is 4. The lowest BCUT2D eigenvalue weighted by atomic mass is 10.1. The lowest BCUT2D eigenvalue weighted by Gasteiger charge is -2.30. The van der Waals surface area contributed by atoms with Crippen LogP contribution in [0.4, 0.5) is 11.4 Å². The lowest BCUT2D eigenvalue weighted by Crippen LogP contribution is -2.37. The van der Waals surface area contributed by atoms with Gasteiger partial charge in [0, 0.05) is 31.7 Å². The molecular weight excluding hydrogens is 266 g/mol. The highest BCUT2D eigenvalue weighted by Crippen LogP contribution is 2.26. The van der Waals surface area contributed by atoms with E-state index in [9.17, 15) is 4.79 Å². The Balaban J connectivity index is 1.75. The monoisotopic (exact) mass is 289 g/mol. The van der Waals surface area contributed by atoms with Crippen molar-refractivity contribution in [3.63, 3.8) is 0 Å². The Bertz CT molecular complexity index is 506. The number of nitrogens with two attached hydrogens (primary N) is 1. The average molecular weight is 289 g/mol. The van der Waals surface area contributed by atoms with E-state index in [1.807, 2.05) is 23.1 Å². The van der Waals surface area contributed by atoms with Crippen molar-refractivity contribution in [3.8, 4) is 0 Å². The second kappa shape index (κ2) is 6.35. The fraction of sp³-hybridized carbons (Fsp3) is 0.562. The Morgan fingerprint density at radius 3 is 2.43 bits per heavy atom. The van der Waals surface area contributed by atoms with Crippen LogP contribution in [-0.2, 0) is 4.74 Å². The van der Waals surface area contributed by atoms with Gasteiger partial charge in [0.25, 0.3) is 5.91 Å². The normalized spacial score (nSPS) is 19.6. The lowest BCUT2D eigenvalue weighted by molar-refractivity contribution is 0.0724. The number of morpholine rings is 1. The summed E-state index contributed by atoms with van der Waals surface area (Å²) in [6.45, 7) is 4.89. The molecular formula is C16H23N3O2. The topological polar surface area (TPSA) is 58.8 Å². The molecule has 21 heavy (non-hydrogen) atoms. The smallest absolute Gasteiger partial charge is 0.253 e. The summed E-state index contributed by atoms with van der Waals surface area (Å²) in [6.07, 6.45) is 3.43. The summed E-state index contributed by atoms with van der Waals surface area (Å²) in [5.41, 5.74) is 8.55. The SMILES string of the molecule is Nc1cc(C(=O)N2CCCCC2)ccc1N1CCOCC1. The number of carbonyl (C=O) groups is 1. The van der Waals surface area contributed by atoms with Crippen LogP contribution < -0.4 is 10.6 Å². The largest absolute Gasteiger partial charge is 0.397 e. The van der Waals surface area contributed by atoms with Gasteiger partial charge in [-0.25, -0.2) is 0 Å². The van der Waals surface area contributed by atoms with Crippen molar-refractivity contribution < 1.29 is 9.53 Å². The summed E-state index contributed by atoms with van der Waals surface area (Å²) in [5, 5.41) is 0. The number of nitrogen functional groups attached to an aromatic ring is 1. The molecule has 5 nitrogen and oxygen atoms in total. The Hall–Kier alpha value is -1.75. The fourth-order valence-corrected chi connectivity index (χ4v) is 3.06. The third-order valence-electron chi connectivity index (χ3n) is 4.27. The third kappa shape index (κ3) is 3.13. The van der Waals surface area contributed by atoms with Gasteiger partial charge in [0.2, 0.25) is 0 Å². The van der Waals surface area contributed by atoms with E-state index in [1.54, 1.807) is 0 Å². The quantitative estimate of drug-likeness (QED) is 0.842. The zero-order valence-electron chi connectivity index (χ0n) is 12.4. The van der Waals surface area contributed by atoms with Crippen LogP contribution in [0.5, 0.6) is 0 Å². The van der Waals surface area contributed by atoms with Crippen molar-refractivity contribution in [1.82, 2.24) is 4.90 Å². The number of nitrogens with zero attached hydrogens (tertiary/aromatic N) is 2. The number of benzene rings is 1. The van der Waals surface area contributed by atoms with Crippen molar-refractivity contribution >= 4 is 17.3 Å². The molecule has 0 atom stereocenters. The van der Waals surface area contributed by atoms with Crippen molar-refractivity contribution in [1.29, 1.82) is 0 Å². The molecule has 3 rings (SSSR count). The minimum Gasteiger partial charge on any atom is -0.397 e. The predicted molar refractivity (Wildman–Crippen MR) is 83.6 cm³/mol. The number of carbonyl (C=O) groups excluding carboxylic acids is 1. The summed E-state index contributed by atoms with van der Waals surface area (Å²) in [5.74, 6) is 0.106. The maximum Gasteiger partial charge on any atom is 0.253 e. The van der Waals surface area contributed by atoms with E-state index in [0.29, 0.717) is 11.3 Å². The van der Waals surface area contributed by atoms with E-state index in [-0.39, 0.29) is 5.91 Å². The van der Waals surface area contributed by atoms with Crippen LogP contribution in [0.2, 0.25) is 0 Å². The first-order valence-corrected chi connectivity index (χ1v) is 7.77. The van der Waals surface area contributed by atoms with Crippen LogP contribution in [0, 0.1) is 0 Å². The zero-order valence-corrected chi connectivity index (χ0v) is 12.4. The average Bonchev–Trinajstić information content (AvgIpc) is 2.55. The second-order valence-electron chi connectivity index (χ2n) is 5.73. The molecule has 0 radical (unpaired) electrons. The number of amides is 1. The van der Waals surface area contributed by atoms with Gasteiger partial charge in [-0.2, -0.15) is 0 Å². The molecule has 5 heteroatoms. The van der Waals surface area contributed by atoms with Crippen LogP contribution >= 0.6 is 0 Å². The molecule has 1 aromatic carbocycles. The van der Waals surface area contributed by atoms with E-state index in [1.165, 1.54) is 6.42 Å². The van der Waals surface area contributed by atoms with Gasteiger partial charge in [-0.15, -0.1) is 0 Å². The first-order chi connectivity index (χ1) is 10.3. The summed E-state index contributed by atoms with van der Waals surface area (Å²) < 4.78 is 5.36. The first kappa shape index (κ1) is 14.2. The molecule has 2 aliphatic heterocycles. The van der Waals surface area contributed by atoms with E-state index < -0.39 is 0 Å². The van der Waals surface area contributed by atoms with Gasteiger partial charge < -0.3 is 20.3 Å². The standard InChI is InChI=1S/C16H23N3O2/c17-14-12-13(16(20)19-6-2-1-3-7-19)4-5-15(14)18-8-10-21-11-9-18/h4-5,12H,1-3,6-11,17H2. The van der Waals surface area contributed by atoms with Crippen molar-refractivity contribution in [3.05, 3.63) is 23.8 Å². The van der Waals surface area contributed by atoms with E-state index in [2.05, 4.69) is 4.90 Å². The molecule has 0 spiro atoms. The molecule has 0 saturated carbocycles. The molecule has 1 aromatic rings. The van der Waals surface area contributed by atoms with Crippen LogP contribution in [0.15, 0.2) is 18.2 Å². The summed E-state index contributed by atoms with van der Waals surface area (Å²) in [4.78, 5) is 16.6. The highest BCUT2D eigenvalue weighted by atomic mass is 16.5. The van der Waals surface area contributed by atoms with Gasteiger partial charge in [0.1, 0.15) is 0 Å². The molecule has 0 aliphatic carbocycles. The first-order valence-electron chi connectivity index (χ1n) is 7.77. The molecule has 2 saturated heterocycles. The molecule has 2 aliphatic rings. The van der Waals surface area contributed by atoms with Crippen LogP contribution in [-0.4, -0.2) is 50.2 Å². The van der Waals surface area contributed by atoms with Gasteiger partial charge in [-0.3, -0.25) is 4.79 Å². The van der Waals surface area contributed by atoms with E-state index in [0.717, 1.165) is 57.9 Å². The highest BCUT2D eigenvalue weighted by Gasteiger charge is 2.20. The minimum absolute atomic E-state index is 0.106. The highest BCUT2D eigenvalue weighted by molar-refractivity contribution is 5.96. The van der Waals surface area contributed by atoms with E-state index in [4.69, 9.17) is 10.5 Å². The maximum absolute atomic E-state index is 12.5. The second-order valence-corrected chi connectivity index (χ2v) is 5.73. The maximum atomic E-state index is 12.5. The number of anilines is 2. The number of rotatable bonds is 2. The Labute approximate surface area is 125 Å². The van der Waals surface area contributed by atoms with Gasteiger partial charge in [-0.05, 0) is 37.5 Å². The molecule has 2 heterocycles. The Kier molecular flexibility index (Phi) is 4.29. The molecule has 0 unspecified atom stereocenters. The molecule has 0 bridgehead atoms. The van der Waals surface area contributed by atoms with Gasteiger partial charge >= 0.3 is 0 Å². The Morgan fingerprint density at radius 1 is 1.05 bits per heavy atom. The number of hydrogen-bond donors (Lipinski definition) is 1. The molecule has 114 valence electrons. The van der Waals surface area contributed by atoms with Gasteiger partial charge in [-0.1, -0.05) is 0 Å². The predicted octanol–water partition coefficient (Wildman–Crippen LogP) is 1.73. The van der Waals surface area contributed by atoms with Gasteiger partial charge in [0.15, 0.2) is 0 Å². The minimum atomic E-state index is 0.106. The van der Waals surface area contributed by atoms with Crippen LogP contribution in [0.25, 0.3) is 0 Å². The number of piperidine rings is 1. The number of likely N-dealkylation sites (tertiary alicyclic amines) is 1. The van der Waals surface area contributed by atoms with Crippen LogP contribution in [0.1, 0.15) is 29.6 Å². The third-order valence-corrected chi connectivity index (χ3v) is 4.27. The van der Waals surface area contributed by atoms with Crippen molar-refractivity contribution in [2.24, 2.45) is 0 Å². The molecule has 2 N–H and O–H groups in total. The summed E-state index contributed by atoms with van der Waals surface area (Å²) in [7, 11) is 0. The molecule has 1 amide bonds. The van der Waals surface area contributed by atoms with Crippen LogP contribution in [0.3, 0.4) is 0 Å². The zero-order chi connectivity index (χ0) is 14.7. The summed E-state index contributed by atoms with van der Waals surface area (Å²) >= 11 is 0. The van der Waals surface area contributed by atoms with Crippen molar-refractivity contribution in [2.45, 2.75) is 19.3 Å². The van der Waals surface area contributed by atoms with Gasteiger partial charge in [0.05, 0.1) is 24.6 Å². The molecule has 2 fully saturated rings. The van der Waals surface area contributed by atoms with Crippen molar-refractivity contribution in [2.75, 3.05) is 50.0 Å². The molecule has 0 aromatic heterocycles. The Morgan fingerprint density at radius 2 is 1.76 bits per heavy atom. The van der Waals surface area contributed by atoms with E-state index >= 15 is 0 Å².